The Morgan fingerprint density at radius 3 is 2.67 bits per heavy atom. The maximum Gasteiger partial charge on any atom is 0.234 e. The minimum Gasteiger partial charge on any atom is -0.355 e. The van der Waals surface area contributed by atoms with E-state index in [4.69, 9.17) is 0 Å². The Kier molecular flexibility index (Phi) is 5.48. The van der Waals surface area contributed by atoms with E-state index in [1.807, 2.05) is 6.92 Å². The molecule has 1 unspecified atom stereocenters. The second kappa shape index (κ2) is 5.23. The summed E-state index contributed by atoms with van der Waals surface area (Å²) in [5.74, 6) is 0.0365. The van der Waals surface area contributed by atoms with E-state index in [9.17, 15) is 4.79 Å². The molecule has 1 amide bonds. The smallest absolute Gasteiger partial charge is 0.234 e. The molecule has 1 N–H and O–H groups in total. The van der Waals surface area contributed by atoms with Crippen LogP contribution in [0.3, 0.4) is 0 Å². The van der Waals surface area contributed by atoms with E-state index in [1.54, 1.807) is 0 Å². The molecule has 1 atom stereocenters. The van der Waals surface area contributed by atoms with Gasteiger partial charge >= 0.3 is 0 Å². The van der Waals surface area contributed by atoms with Crippen LogP contribution in [0.1, 0.15) is 6.92 Å². The van der Waals surface area contributed by atoms with E-state index >= 15 is 0 Å². The molecule has 0 aliphatic rings. The van der Waals surface area contributed by atoms with Gasteiger partial charge in [-0.3, -0.25) is 4.79 Å². The summed E-state index contributed by atoms with van der Waals surface area (Å²) in [5.41, 5.74) is 0. The average Bonchev–Trinajstić information content (AvgIpc) is 1.87. The van der Waals surface area contributed by atoms with Gasteiger partial charge in [-0.05, 0) is 6.92 Å². The van der Waals surface area contributed by atoms with Crippen LogP contribution >= 0.6 is 31.9 Å². The molecule has 0 saturated carbocycles. The third-order valence-electron chi connectivity index (χ3n) is 0.771. The van der Waals surface area contributed by atoms with Gasteiger partial charge < -0.3 is 5.32 Å². The van der Waals surface area contributed by atoms with Crippen molar-refractivity contribution in [2.24, 2.45) is 0 Å². The molecule has 0 aromatic carbocycles. The molecule has 0 radical (unpaired) electrons. The monoisotopic (exact) mass is 257 g/mol. The van der Waals surface area contributed by atoms with E-state index in [0.717, 1.165) is 0 Å². The summed E-state index contributed by atoms with van der Waals surface area (Å²) >= 11 is 6.36. The molecule has 0 heterocycles. The molecule has 0 spiro atoms. The fraction of sp³-hybridized carbons (Fsp3) is 0.800. The lowest BCUT2D eigenvalue weighted by molar-refractivity contribution is -0.119. The Morgan fingerprint density at radius 2 is 2.33 bits per heavy atom. The fourth-order valence-electron chi connectivity index (χ4n) is 0.355. The summed E-state index contributed by atoms with van der Waals surface area (Å²) in [6.45, 7) is 2.58. The third kappa shape index (κ3) is 3.92. The van der Waals surface area contributed by atoms with Gasteiger partial charge in [0.05, 0.1) is 0 Å². The van der Waals surface area contributed by atoms with Crippen LogP contribution in [0.4, 0.5) is 0 Å². The van der Waals surface area contributed by atoms with Crippen LogP contribution in [-0.2, 0) is 4.79 Å². The van der Waals surface area contributed by atoms with E-state index in [2.05, 4.69) is 37.2 Å². The van der Waals surface area contributed by atoms with Gasteiger partial charge in [0.25, 0.3) is 0 Å². The number of hydrogen-bond acceptors (Lipinski definition) is 1. The predicted octanol–water partition coefficient (Wildman–Crippen LogP) is 1.28. The lowest BCUT2D eigenvalue weighted by Crippen LogP contribution is -2.31. The Hall–Kier alpha value is 0.430. The van der Waals surface area contributed by atoms with Gasteiger partial charge in [0.2, 0.25) is 5.91 Å². The number of amides is 1. The van der Waals surface area contributed by atoms with Gasteiger partial charge in [0, 0.05) is 11.9 Å². The number of alkyl halides is 2. The first-order chi connectivity index (χ1) is 4.22. The molecule has 0 bridgehead atoms. The number of halogens is 2. The van der Waals surface area contributed by atoms with Crippen molar-refractivity contribution >= 4 is 37.8 Å². The van der Waals surface area contributed by atoms with E-state index in [1.165, 1.54) is 0 Å². The first-order valence-electron chi connectivity index (χ1n) is 2.70. The molecule has 0 aromatic rings. The average molecular weight is 259 g/mol. The number of carbonyl (C=O) groups excluding carboxylic acids is 1. The van der Waals surface area contributed by atoms with E-state index in [0.29, 0.717) is 11.9 Å². The van der Waals surface area contributed by atoms with Crippen molar-refractivity contribution in [2.45, 2.75) is 11.8 Å². The van der Waals surface area contributed by atoms with Gasteiger partial charge in [-0.15, -0.1) is 0 Å². The van der Waals surface area contributed by atoms with Gasteiger partial charge in [-0.1, -0.05) is 31.9 Å². The molecule has 0 rings (SSSR count). The van der Waals surface area contributed by atoms with Crippen LogP contribution < -0.4 is 5.32 Å². The second-order valence-corrected chi connectivity index (χ2v) is 3.27. The van der Waals surface area contributed by atoms with Crippen molar-refractivity contribution in [1.29, 1.82) is 0 Å². The highest BCUT2D eigenvalue weighted by Crippen LogP contribution is 2.02. The summed E-state index contributed by atoms with van der Waals surface area (Å²) in [5, 5.41) is 3.33. The first-order valence-corrected chi connectivity index (χ1v) is 4.73. The van der Waals surface area contributed by atoms with Crippen LogP contribution in [0, 0.1) is 0 Å². The second-order valence-electron chi connectivity index (χ2n) is 1.52. The molecular weight excluding hydrogens is 250 g/mol. The third-order valence-corrected chi connectivity index (χ3v) is 3.03. The number of rotatable bonds is 3. The Bertz CT molecular complexity index is 97.0. The predicted molar refractivity (Wildman–Crippen MR) is 45.2 cm³/mol. The standard InChI is InChI=1S/C5H9Br2NO/c1-2-8-5(9)4(7)3-6/h4H,2-3H2,1H3,(H,8,9). The van der Waals surface area contributed by atoms with Gasteiger partial charge in [0.1, 0.15) is 4.83 Å². The fourth-order valence-corrected chi connectivity index (χ4v) is 0.811. The minimum atomic E-state index is -0.0996. The van der Waals surface area contributed by atoms with E-state index in [-0.39, 0.29) is 10.7 Å². The first kappa shape index (κ1) is 9.43. The number of carbonyl (C=O) groups is 1. The molecule has 0 aromatic heterocycles. The summed E-state index contributed by atoms with van der Waals surface area (Å²) in [6, 6.07) is 0. The molecule has 0 aliphatic heterocycles. The van der Waals surface area contributed by atoms with Crippen LogP contribution in [-0.4, -0.2) is 22.6 Å². The van der Waals surface area contributed by atoms with Crippen molar-refractivity contribution in [2.75, 3.05) is 11.9 Å². The van der Waals surface area contributed by atoms with Crippen LogP contribution in [0.2, 0.25) is 0 Å². The zero-order valence-electron chi connectivity index (χ0n) is 5.16. The lowest BCUT2D eigenvalue weighted by atomic mass is 10.4. The Morgan fingerprint density at radius 1 is 1.78 bits per heavy atom. The highest BCUT2D eigenvalue weighted by atomic mass is 79.9. The van der Waals surface area contributed by atoms with Crippen molar-refractivity contribution in [3.05, 3.63) is 0 Å². The molecule has 2 nitrogen and oxygen atoms in total. The zero-order chi connectivity index (χ0) is 7.28. The topological polar surface area (TPSA) is 29.1 Å². The van der Waals surface area contributed by atoms with Gasteiger partial charge in [-0.2, -0.15) is 0 Å². The highest BCUT2D eigenvalue weighted by Gasteiger charge is 2.10. The van der Waals surface area contributed by atoms with Crippen LogP contribution in [0.25, 0.3) is 0 Å². The normalized spacial score (nSPS) is 12.8. The zero-order valence-corrected chi connectivity index (χ0v) is 8.33. The molecule has 0 saturated heterocycles. The summed E-state index contributed by atoms with van der Waals surface area (Å²) in [4.78, 5) is 10.7. The molecular formula is C5H9Br2NO. The van der Waals surface area contributed by atoms with Crippen molar-refractivity contribution in [3.8, 4) is 0 Å². The van der Waals surface area contributed by atoms with E-state index < -0.39 is 0 Å². The summed E-state index contributed by atoms with van der Waals surface area (Å²) in [7, 11) is 0. The SMILES string of the molecule is CCNC(=O)C(Br)CBr. The lowest BCUT2D eigenvalue weighted by Gasteiger charge is -2.03. The van der Waals surface area contributed by atoms with Gasteiger partial charge in [-0.25, -0.2) is 0 Å². The minimum absolute atomic E-state index is 0.0365. The van der Waals surface area contributed by atoms with Crippen LogP contribution in [0.15, 0.2) is 0 Å². The molecule has 0 fully saturated rings. The molecule has 0 aliphatic carbocycles. The van der Waals surface area contributed by atoms with Crippen molar-refractivity contribution < 1.29 is 4.79 Å². The Labute approximate surface area is 71.6 Å². The largest absolute Gasteiger partial charge is 0.355 e. The molecule has 54 valence electrons. The maximum absolute atomic E-state index is 10.8. The number of hydrogen-bond donors (Lipinski definition) is 1. The van der Waals surface area contributed by atoms with Crippen molar-refractivity contribution in [3.63, 3.8) is 0 Å². The number of nitrogens with one attached hydrogen (secondary N) is 1. The summed E-state index contributed by atoms with van der Waals surface area (Å²) < 4.78 is 0. The summed E-state index contributed by atoms with van der Waals surface area (Å²) in [6.07, 6.45) is 0. The maximum atomic E-state index is 10.8. The Balaban J connectivity index is 3.46. The highest BCUT2D eigenvalue weighted by molar-refractivity contribution is 9.12. The van der Waals surface area contributed by atoms with Crippen LogP contribution in [0.5, 0.6) is 0 Å². The van der Waals surface area contributed by atoms with Gasteiger partial charge in [0.15, 0.2) is 0 Å². The molecule has 4 heteroatoms. The molecule has 9 heavy (non-hydrogen) atoms. The quantitative estimate of drug-likeness (QED) is 0.760. The van der Waals surface area contributed by atoms with Crippen molar-refractivity contribution in [1.82, 2.24) is 5.32 Å².